The summed E-state index contributed by atoms with van der Waals surface area (Å²) in [6.45, 7) is 6.79. The van der Waals surface area contributed by atoms with Crippen molar-refractivity contribution in [1.29, 1.82) is 0 Å². The van der Waals surface area contributed by atoms with E-state index in [2.05, 4.69) is 48.2 Å². The number of carbonyl (C=O) groups is 1. The molecular weight excluding hydrogens is 250 g/mol. The highest BCUT2D eigenvalue weighted by Crippen LogP contribution is 2.13. The average Bonchev–Trinajstić information content (AvgIpc) is 2.45. The molecule has 3 nitrogen and oxygen atoms in total. The summed E-state index contributed by atoms with van der Waals surface area (Å²) in [5.41, 5.74) is 2.02. The van der Waals surface area contributed by atoms with Gasteiger partial charge in [0.25, 0.3) is 0 Å². The number of nitrogens with one attached hydrogen (secondary N) is 1. The molecular formula is C17H25NO2. The third-order valence-electron chi connectivity index (χ3n) is 3.38. The van der Waals surface area contributed by atoms with Crippen LogP contribution in [-0.4, -0.2) is 25.2 Å². The second-order valence-corrected chi connectivity index (χ2v) is 5.63. The molecule has 1 N–H and O–H groups in total. The smallest absolute Gasteiger partial charge is 0.333 e. The summed E-state index contributed by atoms with van der Waals surface area (Å²) in [4.78, 5) is 11.3. The van der Waals surface area contributed by atoms with Crippen LogP contribution < -0.4 is 5.32 Å². The van der Waals surface area contributed by atoms with Crippen LogP contribution in [0.15, 0.2) is 42.0 Å². The predicted octanol–water partition coefficient (Wildman–Crippen LogP) is 3.11. The molecule has 1 aromatic carbocycles. The van der Waals surface area contributed by atoms with Gasteiger partial charge in [0.1, 0.15) is 0 Å². The van der Waals surface area contributed by atoms with Gasteiger partial charge in [0.2, 0.25) is 0 Å². The third kappa shape index (κ3) is 6.02. The lowest BCUT2D eigenvalue weighted by Gasteiger charge is -2.26. The molecule has 0 radical (unpaired) electrons. The van der Waals surface area contributed by atoms with Gasteiger partial charge in [-0.05, 0) is 39.2 Å². The first-order valence-corrected chi connectivity index (χ1v) is 6.98. The first-order chi connectivity index (χ1) is 9.44. The van der Waals surface area contributed by atoms with Crippen molar-refractivity contribution in [2.75, 3.05) is 13.7 Å². The van der Waals surface area contributed by atoms with E-state index < -0.39 is 0 Å². The van der Waals surface area contributed by atoms with Gasteiger partial charge in [-0.3, -0.25) is 0 Å². The SMILES string of the molecule is COC(=O)/C(C)=C/CNC(C)(C)CCc1ccccc1. The van der Waals surface area contributed by atoms with Crippen molar-refractivity contribution in [2.24, 2.45) is 0 Å². The molecule has 0 saturated carbocycles. The van der Waals surface area contributed by atoms with E-state index in [9.17, 15) is 4.79 Å². The van der Waals surface area contributed by atoms with Crippen molar-refractivity contribution >= 4 is 5.97 Å². The molecule has 20 heavy (non-hydrogen) atoms. The Balaban J connectivity index is 2.40. The Morgan fingerprint density at radius 2 is 1.95 bits per heavy atom. The Hall–Kier alpha value is -1.61. The fraction of sp³-hybridized carbons (Fsp3) is 0.471. The van der Waals surface area contributed by atoms with Gasteiger partial charge < -0.3 is 10.1 Å². The number of benzene rings is 1. The average molecular weight is 275 g/mol. The molecule has 3 heteroatoms. The lowest BCUT2D eigenvalue weighted by molar-refractivity contribution is -0.136. The molecule has 0 aromatic heterocycles. The highest BCUT2D eigenvalue weighted by Gasteiger charge is 2.16. The van der Waals surface area contributed by atoms with Crippen LogP contribution in [0.25, 0.3) is 0 Å². The fourth-order valence-electron chi connectivity index (χ4n) is 1.91. The number of aryl methyl sites for hydroxylation is 1. The number of hydrogen-bond donors (Lipinski definition) is 1. The largest absolute Gasteiger partial charge is 0.466 e. The zero-order valence-corrected chi connectivity index (χ0v) is 12.9. The zero-order valence-electron chi connectivity index (χ0n) is 12.9. The number of hydrogen-bond acceptors (Lipinski definition) is 3. The van der Waals surface area contributed by atoms with Gasteiger partial charge >= 0.3 is 5.97 Å². The highest BCUT2D eigenvalue weighted by atomic mass is 16.5. The molecule has 0 aliphatic rings. The van der Waals surface area contributed by atoms with Crippen LogP contribution in [0.5, 0.6) is 0 Å². The summed E-state index contributed by atoms with van der Waals surface area (Å²) >= 11 is 0. The second-order valence-electron chi connectivity index (χ2n) is 5.63. The molecule has 1 aromatic rings. The maximum Gasteiger partial charge on any atom is 0.333 e. The Labute approximate surface area is 122 Å². The van der Waals surface area contributed by atoms with Crippen LogP contribution in [0.1, 0.15) is 32.8 Å². The molecule has 0 heterocycles. The monoisotopic (exact) mass is 275 g/mol. The minimum Gasteiger partial charge on any atom is -0.466 e. The van der Waals surface area contributed by atoms with Gasteiger partial charge in [0.15, 0.2) is 0 Å². The van der Waals surface area contributed by atoms with E-state index >= 15 is 0 Å². The number of carbonyl (C=O) groups excluding carboxylic acids is 1. The Morgan fingerprint density at radius 1 is 1.30 bits per heavy atom. The molecule has 1 rings (SSSR count). The minimum absolute atomic E-state index is 0.0305. The van der Waals surface area contributed by atoms with E-state index in [0.29, 0.717) is 12.1 Å². The van der Waals surface area contributed by atoms with Crippen molar-refractivity contribution < 1.29 is 9.53 Å². The summed E-state index contributed by atoms with van der Waals surface area (Å²) in [5.74, 6) is -0.270. The van der Waals surface area contributed by atoms with Crippen molar-refractivity contribution in [3.63, 3.8) is 0 Å². The summed E-state index contributed by atoms with van der Waals surface area (Å²) in [5, 5.41) is 3.45. The van der Waals surface area contributed by atoms with Crippen molar-refractivity contribution in [3.8, 4) is 0 Å². The van der Waals surface area contributed by atoms with Gasteiger partial charge in [0.05, 0.1) is 7.11 Å². The van der Waals surface area contributed by atoms with Crippen molar-refractivity contribution in [1.82, 2.24) is 5.32 Å². The Bertz CT molecular complexity index is 449. The number of esters is 1. The maximum absolute atomic E-state index is 11.3. The lowest BCUT2D eigenvalue weighted by Crippen LogP contribution is -2.39. The summed E-state index contributed by atoms with van der Waals surface area (Å²) < 4.78 is 4.66. The van der Waals surface area contributed by atoms with E-state index in [0.717, 1.165) is 12.8 Å². The molecule has 0 aliphatic heterocycles. The molecule has 0 saturated heterocycles. The fourth-order valence-corrected chi connectivity index (χ4v) is 1.91. The predicted molar refractivity (Wildman–Crippen MR) is 82.6 cm³/mol. The van der Waals surface area contributed by atoms with Crippen molar-refractivity contribution in [2.45, 2.75) is 39.2 Å². The van der Waals surface area contributed by atoms with E-state index in [4.69, 9.17) is 0 Å². The molecule has 0 unspecified atom stereocenters. The van der Waals surface area contributed by atoms with E-state index in [-0.39, 0.29) is 11.5 Å². The quantitative estimate of drug-likeness (QED) is 0.614. The van der Waals surface area contributed by atoms with Crippen LogP contribution in [0.3, 0.4) is 0 Å². The van der Waals surface area contributed by atoms with E-state index in [1.54, 1.807) is 6.92 Å². The topological polar surface area (TPSA) is 38.3 Å². The second kappa shape index (κ2) is 7.85. The standard InChI is InChI=1S/C17H25NO2/c1-14(16(19)20-4)11-13-18-17(2,3)12-10-15-8-6-5-7-9-15/h5-9,11,18H,10,12-13H2,1-4H3/b14-11+. The highest BCUT2D eigenvalue weighted by molar-refractivity contribution is 5.87. The van der Waals surface area contributed by atoms with Crippen molar-refractivity contribution in [3.05, 3.63) is 47.5 Å². The van der Waals surface area contributed by atoms with Crippen LogP contribution in [-0.2, 0) is 16.0 Å². The molecule has 0 fully saturated rings. The van der Waals surface area contributed by atoms with Crippen LogP contribution in [0.4, 0.5) is 0 Å². The van der Waals surface area contributed by atoms with Crippen LogP contribution >= 0.6 is 0 Å². The Kier molecular flexibility index (Phi) is 6.46. The normalized spacial score (nSPS) is 12.3. The Morgan fingerprint density at radius 3 is 2.55 bits per heavy atom. The summed E-state index contributed by atoms with van der Waals surface area (Å²) in [7, 11) is 1.40. The first kappa shape index (κ1) is 16.4. The summed E-state index contributed by atoms with van der Waals surface area (Å²) in [6.07, 6.45) is 3.96. The van der Waals surface area contributed by atoms with Gasteiger partial charge in [-0.15, -0.1) is 0 Å². The third-order valence-corrected chi connectivity index (χ3v) is 3.38. The summed E-state index contributed by atoms with van der Waals surface area (Å²) in [6, 6.07) is 10.5. The van der Waals surface area contributed by atoms with E-state index in [1.165, 1.54) is 12.7 Å². The number of rotatable bonds is 7. The molecule has 0 spiro atoms. The molecule has 110 valence electrons. The van der Waals surface area contributed by atoms with Gasteiger partial charge in [0, 0.05) is 17.7 Å². The van der Waals surface area contributed by atoms with E-state index in [1.807, 2.05) is 12.1 Å². The molecule has 0 amide bonds. The van der Waals surface area contributed by atoms with Gasteiger partial charge in [-0.1, -0.05) is 36.4 Å². The maximum atomic E-state index is 11.3. The molecule has 0 atom stereocenters. The molecule has 0 aliphatic carbocycles. The minimum atomic E-state index is -0.270. The zero-order chi connectivity index (χ0) is 15.0. The van der Waals surface area contributed by atoms with Gasteiger partial charge in [-0.25, -0.2) is 4.79 Å². The number of methoxy groups -OCH3 is 1. The van der Waals surface area contributed by atoms with Crippen LogP contribution in [0, 0.1) is 0 Å². The first-order valence-electron chi connectivity index (χ1n) is 6.98. The molecule has 0 bridgehead atoms. The number of ether oxygens (including phenoxy) is 1. The lowest BCUT2D eigenvalue weighted by atomic mass is 9.95. The van der Waals surface area contributed by atoms with Crippen LogP contribution in [0.2, 0.25) is 0 Å². The van der Waals surface area contributed by atoms with Gasteiger partial charge in [-0.2, -0.15) is 0 Å².